The molecule has 0 radical (unpaired) electrons. The van der Waals surface area contributed by atoms with Gasteiger partial charge in [-0.3, -0.25) is 0 Å². The second kappa shape index (κ2) is 5.74. The van der Waals surface area contributed by atoms with Gasteiger partial charge in [-0.25, -0.2) is 4.98 Å². The van der Waals surface area contributed by atoms with Crippen molar-refractivity contribution in [1.82, 2.24) is 4.98 Å². The van der Waals surface area contributed by atoms with E-state index in [1.54, 1.807) is 41.0 Å². The highest BCUT2D eigenvalue weighted by atomic mass is 35.5. The third kappa shape index (κ3) is 2.53. The van der Waals surface area contributed by atoms with Crippen LogP contribution >= 0.6 is 0 Å². The van der Waals surface area contributed by atoms with Crippen LogP contribution in [0.25, 0.3) is 27.8 Å². The second-order valence-electron chi connectivity index (χ2n) is 4.92. The van der Waals surface area contributed by atoms with E-state index in [9.17, 15) is 0 Å². The summed E-state index contributed by atoms with van der Waals surface area (Å²) in [7, 11) is 0. The molecule has 0 saturated carbocycles. The molecule has 4 N–H and O–H groups in total. The van der Waals surface area contributed by atoms with Crippen LogP contribution in [-0.2, 0) is 0 Å². The van der Waals surface area contributed by atoms with Crippen molar-refractivity contribution < 1.29 is 23.8 Å². The Hall–Kier alpha value is -2.85. The molecule has 4 rings (SSSR count). The molecule has 114 valence electrons. The van der Waals surface area contributed by atoms with Crippen molar-refractivity contribution in [2.24, 2.45) is 0 Å². The normalized spacial score (nSPS) is 13.7. The van der Waals surface area contributed by atoms with Crippen molar-refractivity contribution in [3.8, 4) is 5.69 Å². The van der Waals surface area contributed by atoms with Gasteiger partial charge in [0.2, 0.25) is 16.7 Å². The van der Waals surface area contributed by atoms with Gasteiger partial charge in [-0.1, -0.05) is 18.1 Å². The van der Waals surface area contributed by atoms with E-state index in [4.69, 9.17) is 18.3 Å². The number of benzene rings is 3. The first-order valence-electron chi connectivity index (χ1n) is 9.17. The quantitative estimate of drug-likeness (QED) is 0.290. The monoisotopic (exact) mass is 327 g/mol. The number of para-hydroxylation sites is 1. The standard InChI is InChI=1S/C18H14N4.ClH/c19-12-6-8-15-17(10-12)22(14-4-2-1-3-5-14)18-11-13(20)7-9-16(18)21-15;/h1-11H,(H3,19,20);1H/i1D,2D,3D,4D,5D;. The van der Waals surface area contributed by atoms with E-state index in [0.717, 1.165) is 0 Å². The Bertz CT molecular complexity index is 1170. The van der Waals surface area contributed by atoms with E-state index in [-0.39, 0.29) is 30.2 Å². The largest absolute Gasteiger partial charge is 1.00 e. The molecule has 3 aromatic carbocycles. The Morgan fingerprint density at radius 3 is 1.87 bits per heavy atom. The van der Waals surface area contributed by atoms with E-state index in [0.29, 0.717) is 33.4 Å². The zero-order valence-corrected chi connectivity index (χ0v) is 12.6. The van der Waals surface area contributed by atoms with E-state index in [1.165, 1.54) is 0 Å². The lowest BCUT2D eigenvalue weighted by Gasteiger charge is -2.06. The fourth-order valence-corrected chi connectivity index (χ4v) is 2.48. The predicted molar refractivity (Wildman–Crippen MR) is 89.6 cm³/mol. The number of fused-ring (bicyclic) bond motifs is 2. The van der Waals surface area contributed by atoms with Crippen LogP contribution in [0.5, 0.6) is 0 Å². The minimum absolute atomic E-state index is 0. The molecule has 0 aliphatic carbocycles. The second-order valence-corrected chi connectivity index (χ2v) is 4.92. The third-order valence-corrected chi connectivity index (χ3v) is 3.43. The molecule has 4 aromatic rings. The fraction of sp³-hybridized carbons (Fsp3) is 0. The average Bonchev–Trinajstić information content (AvgIpc) is 2.65. The fourth-order valence-electron chi connectivity index (χ4n) is 2.48. The lowest BCUT2D eigenvalue weighted by Crippen LogP contribution is -3.00. The number of hydrogen-bond acceptors (Lipinski definition) is 3. The lowest BCUT2D eigenvalue weighted by molar-refractivity contribution is -0.538. The van der Waals surface area contributed by atoms with E-state index in [2.05, 4.69) is 4.98 Å². The molecule has 0 saturated heterocycles. The highest BCUT2D eigenvalue weighted by Gasteiger charge is 2.19. The first kappa shape index (κ1) is 10.0. The number of nitrogen functional groups attached to an aromatic ring is 2. The number of nitrogens with two attached hydrogens (primary N) is 2. The number of anilines is 2. The van der Waals surface area contributed by atoms with Gasteiger partial charge >= 0.3 is 0 Å². The van der Waals surface area contributed by atoms with Crippen LogP contribution < -0.4 is 28.4 Å². The molecule has 0 amide bonds. The van der Waals surface area contributed by atoms with Crippen molar-refractivity contribution in [3.05, 3.63) is 66.6 Å². The van der Waals surface area contributed by atoms with Crippen LogP contribution in [0.1, 0.15) is 6.85 Å². The summed E-state index contributed by atoms with van der Waals surface area (Å²) in [6.07, 6.45) is 0. The number of aromatic nitrogens is 2. The lowest BCUT2D eigenvalue weighted by atomic mass is 10.2. The molecule has 1 aromatic heterocycles. The van der Waals surface area contributed by atoms with Crippen molar-refractivity contribution in [2.75, 3.05) is 11.5 Å². The maximum atomic E-state index is 8.35. The molecule has 0 aliphatic heterocycles. The SMILES string of the molecule is [2H]c1c([2H])c([2H])c(-[n+]2c3cc(N)ccc3nc3ccc(N)cc32)c([2H])c1[2H].[Cl-]. The first-order chi connectivity index (χ1) is 12.8. The molecule has 4 nitrogen and oxygen atoms in total. The van der Waals surface area contributed by atoms with Gasteiger partial charge in [0, 0.05) is 35.6 Å². The van der Waals surface area contributed by atoms with E-state index in [1.807, 2.05) is 0 Å². The Morgan fingerprint density at radius 1 is 0.826 bits per heavy atom. The smallest absolute Gasteiger partial charge is 0.239 e. The summed E-state index contributed by atoms with van der Waals surface area (Å²) >= 11 is 0. The van der Waals surface area contributed by atoms with Crippen LogP contribution in [0, 0.1) is 0 Å². The Kier molecular flexibility index (Phi) is 2.50. The summed E-state index contributed by atoms with van der Waals surface area (Å²) in [5, 5.41) is 0. The molecular weight excluding hydrogens is 308 g/mol. The van der Waals surface area contributed by atoms with E-state index < -0.39 is 18.1 Å². The number of hydrogen-bond donors (Lipinski definition) is 2. The van der Waals surface area contributed by atoms with Gasteiger partial charge < -0.3 is 23.9 Å². The number of halogens is 1. The zero-order valence-electron chi connectivity index (χ0n) is 16.9. The number of rotatable bonds is 1. The highest BCUT2D eigenvalue weighted by molar-refractivity contribution is 5.85. The van der Waals surface area contributed by atoms with Crippen LogP contribution in [0.4, 0.5) is 11.4 Å². The molecule has 0 bridgehead atoms. The Morgan fingerprint density at radius 2 is 1.35 bits per heavy atom. The van der Waals surface area contributed by atoms with Crippen molar-refractivity contribution in [2.45, 2.75) is 0 Å². The number of nitrogens with zero attached hydrogens (tertiary/aromatic N) is 2. The molecule has 0 spiro atoms. The van der Waals surface area contributed by atoms with Crippen molar-refractivity contribution >= 4 is 33.4 Å². The van der Waals surface area contributed by atoms with Crippen LogP contribution in [0.3, 0.4) is 0 Å². The summed E-state index contributed by atoms with van der Waals surface area (Å²) in [4.78, 5) is 4.58. The summed E-state index contributed by atoms with van der Waals surface area (Å²) in [6, 6.07) is 8.27. The Balaban J connectivity index is 0.00000225. The van der Waals surface area contributed by atoms with Crippen molar-refractivity contribution in [3.63, 3.8) is 0 Å². The van der Waals surface area contributed by atoms with Gasteiger partial charge in [0.05, 0.1) is 6.85 Å². The maximum Gasteiger partial charge on any atom is 0.239 e. The highest BCUT2D eigenvalue weighted by Crippen LogP contribution is 2.20. The molecule has 0 aliphatic rings. The average molecular weight is 328 g/mol. The zero-order chi connectivity index (χ0) is 19.5. The molecule has 0 atom stereocenters. The van der Waals surface area contributed by atoms with Gasteiger partial charge in [-0.15, -0.1) is 4.57 Å². The van der Waals surface area contributed by atoms with Gasteiger partial charge in [0.25, 0.3) is 0 Å². The third-order valence-electron chi connectivity index (χ3n) is 3.43. The van der Waals surface area contributed by atoms with Crippen molar-refractivity contribution in [1.29, 1.82) is 0 Å². The summed E-state index contributed by atoms with van der Waals surface area (Å²) in [5.74, 6) is 0. The summed E-state index contributed by atoms with van der Waals surface area (Å²) in [6.45, 7) is 0. The van der Waals surface area contributed by atoms with Gasteiger partial charge in [0.15, 0.2) is 0 Å². The molecule has 23 heavy (non-hydrogen) atoms. The molecule has 0 fully saturated rings. The molecule has 0 unspecified atom stereocenters. The minimum atomic E-state index is -0.448. The predicted octanol–water partition coefficient (Wildman–Crippen LogP) is -0.167. The molecule has 1 heterocycles. The molecule has 5 heteroatoms. The van der Waals surface area contributed by atoms with E-state index >= 15 is 0 Å². The van der Waals surface area contributed by atoms with Gasteiger partial charge in [-0.2, -0.15) is 0 Å². The minimum Gasteiger partial charge on any atom is -1.00 e. The summed E-state index contributed by atoms with van der Waals surface area (Å²) in [5.41, 5.74) is 15.0. The van der Waals surface area contributed by atoms with Crippen LogP contribution in [0.15, 0.2) is 66.6 Å². The Labute approximate surface area is 146 Å². The van der Waals surface area contributed by atoms with Gasteiger partial charge in [0.1, 0.15) is 11.0 Å². The summed E-state index contributed by atoms with van der Waals surface area (Å²) < 4.78 is 42.1. The van der Waals surface area contributed by atoms with Crippen LogP contribution in [-0.4, -0.2) is 4.98 Å². The van der Waals surface area contributed by atoms with Crippen LogP contribution in [0.2, 0.25) is 0 Å². The first-order valence-corrected chi connectivity index (χ1v) is 6.67. The maximum absolute atomic E-state index is 8.35. The molecular formula is C18H15ClN4. The van der Waals surface area contributed by atoms with Gasteiger partial charge in [-0.05, 0) is 24.3 Å². The topological polar surface area (TPSA) is 68.8 Å².